The van der Waals surface area contributed by atoms with E-state index in [2.05, 4.69) is 32.2 Å². The van der Waals surface area contributed by atoms with Crippen LogP contribution in [0.5, 0.6) is 0 Å². The molecule has 0 aliphatic rings. The minimum Gasteiger partial charge on any atom is -0.308 e. The Hall–Kier alpha value is -1.40. The van der Waals surface area contributed by atoms with Gasteiger partial charge in [-0.25, -0.2) is 4.39 Å². The van der Waals surface area contributed by atoms with Crippen LogP contribution in [-0.2, 0) is 6.54 Å². The van der Waals surface area contributed by atoms with E-state index in [1.54, 1.807) is 0 Å². The number of benzene rings is 1. The Bertz CT molecular complexity index is 419. The second-order valence-corrected chi connectivity index (χ2v) is 4.90. The van der Waals surface area contributed by atoms with E-state index in [9.17, 15) is 4.39 Å². The zero-order valence-electron chi connectivity index (χ0n) is 10.7. The molecule has 0 spiro atoms. The van der Waals surface area contributed by atoms with Crippen molar-refractivity contribution in [2.24, 2.45) is 0 Å². The van der Waals surface area contributed by atoms with E-state index in [0.29, 0.717) is 12.1 Å². The monoisotopic (exact) mass is 234 g/mol. The minimum atomic E-state index is -0.297. The average molecular weight is 234 g/mol. The first-order chi connectivity index (χ1) is 7.98. The van der Waals surface area contributed by atoms with Crippen LogP contribution in [0, 0.1) is 17.1 Å². The predicted molar refractivity (Wildman–Crippen MR) is 66.9 cm³/mol. The van der Waals surface area contributed by atoms with Gasteiger partial charge in [0.1, 0.15) is 5.82 Å². The first-order valence-electron chi connectivity index (χ1n) is 5.92. The lowest BCUT2D eigenvalue weighted by Crippen LogP contribution is -2.38. The molecule has 0 atom stereocenters. The smallest absolute Gasteiger partial charge is 0.123 e. The molecule has 0 aromatic heterocycles. The molecule has 0 amide bonds. The Morgan fingerprint density at radius 1 is 1.41 bits per heavy atom. The Morgan fingerprint density at radius 2 is 2.12 bits per heavy atom. The number of hydrogen-bond acceptors (Lipinski definition) is 2. The highest BCUT2D eigenvalue weighted by Crippen LogP contribution is 2.15. The molecule has 1 aromatic rings. The first-order valence-corrected chi connectivity index (χ1v) is 5.92. The SMILES string of the molecule is CCCC(C)(C)NCc1cc(F)ccc1C#N. The normalized spacial score (nSPS) is 11.2. The molecule has 17 heavy (non-hydrogen) atoms. The van der Waals surface area contributed by atoms with Crippen molar-refractivity contribution in [1.29, 1.82) is 5.26 Å². The van der Waals surface area contributed by atoms with Gasteiger partial charge in [-0.2, -0.15) is 5.26 Å². The van der Waals surface area contributed by atoms with Gasteiger partial charge < -0.3 is 5.32 Å². The summed E-state index contributed by atoms with van der Waals surface area (Å²) in [6.45, 7) is 6.88. The van der Waals surface area contributed by atoms with Gasteiger partial charge in [-0.1, -0.05) is 13.3 Å². The molecule has 0 saturated carbocycles. The van der Waals surface area contributed by atoms with Crippen LogP contribution in [-0.4, -0.2) is 5.54 Å². The zero-order valence-corrected chi connectivity index (χ0v) is 10.7. The van der Waals surface area contributed by atoms with Crippen LogP contribution >= 0.6 is 0 Å². The summed E-state index contributed by atoms with van der Waals surface area (Å²) in [4.78, 5) is 0. The number of hydrogen-bond donors (Lipinski definition) is 1. The Kier molecular flexibility index (Phi) is 4.65. The molecule has 0 heterocycles. The number of rotatable bonds is 5. The lowest BCUT2D eigenvalue weighted by atomic mass is 9.98. The lowest BCUT2D eigenvalue weighted by molar-refractivity contribution is 0.356. The first kappa shape index (κ1) is 13.7. The summed E-state index contributed by atoms with van der Waals surface area (Å²) in [5, 5.41) is 12.3. The maximum atomic E-state index is 13.1. The van der Waals surface area contributed by atoms with Crippen LogP contribution in [0.15, 0.2) is 18.2 Å². The van der Waals surface area contributed by atoms with Crippen LogP contribution in [0.4, 0.5) is 4.39 Å². The van der Waals surface area contributed by atoms with Gasteiger partial charge >= 0.3 is 0 Å². The summed E-state index contributed by atoms with van der Waals surface area (Å²) in [7, 11) is 0. The standard InChI is InChI=1S/C14H19FN2/c1-4-7-14(2,3)17-10-12-8-13(15)6-5-11(12)9-16/h5-6,8,17H,4,7,10H2,1-3H3. The molecule has 2 nitrogen and oxygen atoms in total. The molecule has 0 aliphatic heterocycles. The molecule has 0 unspecified atom stereocenters. The van der Waals surface area contributed by atoms with Crippen LogP contribution < -0.4 is 5.32 Å². The molecule has 1 N–H and O–H groups in total. The summed E-state index contributed by atoms with van der Waals surface area (Å²) >= 11 is 0. The summed E-state index contributed by atoms with van der Waals surface area (Å²) in [5.74, 6) is -0.297. The molecule has 0 bridgehead atoms. The van der Waals surface area contributed by atoms with E-state index in [4.69, 9.17) is 5.26 Å². The molecule has 1 aromatic carbocycles. The fourth-order valence-corrected chi connectivity index (χ4v) is 1.87. The van der Waals surface area contributed by atoms with Crippen molar-refractivity contribution < 1.29 is 4.39 Å². The van der Waals surface area contributed by atoms with Crippen molar-refractivity contribution >= 4 is 0 Å². The number of halogens is 1. The second kappa shape index (κ2) is 5.79. The topological polar surface area (TPSA) is 35.8 Å². The van der Waals surface area contributed by atoms with E-state index < -0.39 is 0 Å². The van der Waals surface area contributed by atoms with E-state index >= 15 is 0 Å². The third kappa shape index (κ3) is 4.16. The maximum absolute atomic E-state index is 13.1. The van der Waals surface area contributed by atoms with Crippen molar-refractivity contribution in [3.63, 3.8) is 0 Å². The van der Waals surface area contributed by atoms with Gasteiger partial charge in [-0.15, -0.1) is 0 Å². The van der Waals surface area contributed by atoms with Gasteiger partial charge in [0.05, 0.1) is 11.6 Å². The van der Waals surface area contributed by atoms with Gasteiger partial charge in [0.25, 0.3) is 0 Å². The predicted octanol–water partition coefficient (Wildman–Crippen LogP) is 3.37. The van der Waals surface area contributed by atoms with Crippen molar-refractivity contribution in [1.82, 2.24) is 5.32 Å². The van der Waals surface area contributed by atoms with Crippen molar-refractivity contribution in [2.45, 2.75) is 45.7 Å². The molecular weight excluding hydrogens is 215 g/mol. The van der Waals surface area contributed by atoms with E-state index in [0.717, 1.165) is 18.4 Å². The van der Waals surface area contributed by atoms with Crippen LogP contribution in [0.1, 0.15) is 44.7 Å². The average Bonchev–Trinajstić information content (AvgIpc) is 2.27. The van der Waals surface area contributed by atoms with Crippen LogP contribution in [0.25, 0.3) is 0 Å². The molecule has 0 saturated heterocycles. The number of nitrogens with zero attached hydrogens (tertiary/aromatic N) is 1. The highest BCUT2D eigenvalue weighted by molar-refractivity contribution is 5.37. The fraction of sp³-hybridized carbons (Fsp3) is 0.500. The van der Waals surface area contributed by atoms with Crippen molar-refractivity contribution in [3.05, 3.63) is 35.1 Å². The zero-order chi connectivity index (χ0) is 12.9. The van der Waals surface area contributed by atoms with Crippen LogP contribution in [0.3, 0.4) is 0 Å². The summed E-state index contributed by atoms with van der Waals surface area (Å²) < 4.78 is 13.1. The minimum absolute atomic E-state index is 0.00773. The lowest BCUT2D eigenvalue weighted by Gasteiger charge is -2.26. The van der Waals surface area contributed by atoms with E-state index in [1.807, 2.05) is 0 Å². The Labute approximate surface area is 102 Å². The van der Waals surface area contributed by atoms with Gasteiger partial charge in [0, 0.05) is 12.1 Å². The Morgan fingerprint density at radius 3 is 2.71 bits per heavy atom. The largest absolute Gasteiger partial charge is 0.308 e. The molecule has 3 heteroatoms. The molecule has 92 valence electrons. The number of nitrogens with one attached hydrogen (secondary N) is 1. The van der Waals surface area contributed by atoms with E-state index in [1.165, 1.54) is 18.2 Å². The molecule has 0 radical (unpaired) electrons. The number of nitriles is 1. The van der Waals surface area contributed by atoms with Crippen molar-refractivity contribution in [3.8, 4) is 6.07 Å². The Balaban J connectivity index is 2.75. The molecule has 1 rings (SSSR count). The highest BCUT2D eigenvalue weighted by atomic mass is 19.1. The maximum Gasteiger partial charge on any atom is 0.123 e. The van der Waals surface area contributed by atoms with Crippen molar-refractivity contribution in [2.75, 3.05) is 0 Å². The molecule has 0 aliphatic carbocycles. The highest BCUT2D eigenvalue weighted by Gasteiger charge is 2.16. The third-order valence-electron chi connectivity index (χ3n) is 2.82. The van der Waals surface area contributed by atoms with Gasteiger partial charge in [-0.05, 0) is 44.0 Å². The van der Waals surface area contributed by atoms with Crippen LogP contribution in [0.2, 0.25) is 0 Å². The second-order valence-electron chi connectivity index (χ2n) is 4.90. The fourth-order valence-electron chi connectivity index (χ4n) is 1.87. The third-order valence-corrected chi connectivity index (χ3v) is 2.82. The van der Waals surface area contributed by atoms with E-state index in [-0.39, 0.29) is 11.4 Å². The summed E-state index contributed by atoms with van der Waals surface area (Å²) in [5.41, 5.74) is 1.26. The van der Waals surface area contributed by atoms with Gasteiger partial charge in [0.15, 0.2) is 0 Å². The summed E-state index contributed by atoms with van der Waals surface area (Å²) in [6, 6.07) is 6.35. The molecule has 0 fully saturated rings. The molecular formula is C14H19FN2. The summed E-state index contributed by atoms with van der Waals surface area (Å²) in [6.07, 6.45) is 2.14. The van der Waals surface area contributed by atoms with Gasteiger partial charge in [0.2, 0.25) is 0 Å². The van der Waals surface area contributed by atoms with Gasteiger partial charge in [-0.3, -0.25) is 0 Å². The quantitative estimate of drug-likeness (QED) is 0.848.